The highest BCUT2D eigenvalue weighted by Gasteiger charge is 2.19. The Hall–Kier alpha value is -3.96. The topological polar surface area (TPSA) is 99.9 Å². The summed E-state index contributed by atoms with van der Waals surface area (Å²) in [5.74, 6) is 0.469. The monoisotopic (exact) mass is 524 g/mol. The average molecular weight is 525 g/mol. The quantitative estimate of drug-likeness (QED) is 0.380. The van der Waals surface area contributed by atoms with Gasteiger partial charge in [-0.2, -0.15) is 0 Å². The third kappa shape index (κ3) is 5.13. The lowest BCUT2D eigenvalue weighted by Crippen LogP contribution is -2.49. The molecule has 0 radical (unpaired) electrons. The van der Waals surface area contributed by atoms with E-state index in [2.05, 4.69) is 25.6 Å². The Morgan fingerprint density at radius 2 is 2.05 bits per heavy atom. The fourth-order valence-corrected chi connectivity index (χ4v) is 4.40. The Kier molecular flexibility index (Phi) is 7.06. The first-order valence-electron chi connectivity index (χ1n) is 11.7. The van der Waals surface area contributed by atoms with Gasteiger partial charge in [-0.15, -0.1) is 0 Å². The van der Waals surface area contributed by atoms with Crippen LogP contribution in [0, 0.1) is 5.82 Å². The predicted molar refractivity (Wildman–Crippen MR) is 140 cm³/mol. The van der Waals surface area contributed by atoms with Gasteiger partial charge in [-0.05, 0) is 24.3 Å². The summed E-state index contributed by atoms with van der Waals surface area (Å²) in [6.45, 7) is 3.32. The summed E-state index contributed by atoms with van der Waals surface area (Å²) in [5, 5.41) is 6.71. The number of piperazine rings is 1. The van der Waals surface area contributed by atoms with E-state index in [1.54, 1.807) is 23.8 Å². The number of carbonyl (C=O) groups is 1. The first kappa shape index (κ1) is 24.7. The van der Waals surface area contributed by atoms with Gasteiger partial charge in [0.2, 0.25) is 11.9 Å². The van der Waals surface area contributed by atoms with Crippen LogP contribution in [0.25, 0.3) is 17.0 Å². The number of aromatic nitrogens is 4. The minimum Gasteiger partial charge on any atom is -0.494 e. The fourth-order valence-electron chi connectivity index (χ4n) is 4.21. The Bertz CT molecular complexity index is 1440. The molecule has 2 N–H and O–H groups in total. The van der Waals surface area contributed by atoms with Crippen molar-refractivity contribution in [3.05, 3.63) is 59.8 Å². The lowest BCUT2D eigenvalue weighted by molar-refractivity contribution is -0.130. The molecule has 0 aliphatic carbocycles. The number of ether oxygens (including phenoxy) is 1. The van der Waals surface area contributed by atoms with Crippen LogP contribution in [0.15, 0.2) is 48.9 Å². The second-order valence-electron chi connectivity index (χ2n) is 8.58. The van der Waals surface area contributed by atoms with Crippen molar-refractivity contribution in [1.82, 2.24) is 29.6 Å². The lowest BCUT2D eigenvalue weighted by atomic mass is 10.2. The molecule has 0 saturated carbocycles. The standard InChI is InChI=1S/C25H26ClFN8O2/c1-33(15-22(36)34-10-7-28-8-11-34)16-5-6-19(21(12-16)37-2)31-25-30-13-17(26)23(32-25)20-14-29-24-18(27)4-3-9-35(20)24/h3-6,9,12-14,28H,7-8,10-11,15H2,1-2H3,(H,30,31,32). The van der Waals surface area contributed by atoms with Crippen LogP contribution in [0.2, 0.25) is 5.02 Å². The Morgan fingerprint density at radius 1 is 1.24 bits per heavy atom. The van der Waals surface area contributed by atoms with Crippen LogP contribution >= 0.6 is 11.6 Å². The highest BCUT2D eigenvalue weighted by atomic mass is 35.5. The van der Waals surface area contributed by atoms with Crippen molar-refractivity contribution in [3.63, 3.8) is 0 Å². The summed E-state index contributed by atoms with van der Waals surface area (Å²) in [4.78, 5) is 29.4. The smallest absolute Gasteiger partial charge is 0.242 e. The predicted octanol–water partition coefficient (Wildman–Crippen LogP) is 3.20. The number of hydrogen-bond donors (Lipinski definition) is 2. The molecular weight excluding hydrogens is 499 g/mol. The molecule has 192 valence electrons. The summed E-state index contributed by atoms with van der Waals surface area (Å²) in [6, 6.07) is 8.50. The summed E-state index contributed by atoms with van der Waals surface area (Å²) in [7, 11) is 3.44. The second-order valence-corrected chi connectivity index (χ2v) is 8.99. The molecule has 1 aliphatic rings. The van der Waals surface area contributed by atoms with Crippen LogP contribution in [0.5, 0.6) is 5.75 Å². The zero-order valence-electron chi connectivity index (χ0n) is 20.4. The maximum atomic E-state index is 14.1. The molecule has 4 aromatic rings. The van der Waals surface area contributed by atoms with Crippen LogP contribution in [0.3, 0.4) is 0 Å². The van der Waals surface area contributed by atoms with Crippen LogP contribution < -0.4 is 20.3 Å². The highest BCUT2D eigenvalue weighted by Crippen LogP contribution is 2.33. The van der Waals surface area contributed by atoms with Gasteiger partial charge < -0.3 is 25.2 Å². The fraction of sp³-hybridized carbons (Fsp3) is 0.280. The molecule has 0 atom stereocenters. The van der Waals surface area contributed by atoms with Crippen molar-refractivity contribution in [2.75, 3.05) is 57.1 Å². The van der Waals surface area contributed by atoms with Gasteiger partial charge in [-0.1, -0.05) is 11.6 Å². The van der Waals surface area contributed by atoms with Gasteiger partial charge in [0.05, 0.1) is 42.5 Å². The van der Waals surface area contributed by atoms with Crippen molar-refractivity contribution < 1.29 is 13.9 Å². The van der Waals surface area contributed by atoms with Crippen molar-refractivity contribution >= 4 is 40.5 Å². The maximum Gasteiger partial charge on any atom is 0.242 e. The third-order valence-corrected chi connectivity index (χ3v) is 6.47. The molecule has 3 aromatic heterocycles. The van der Waals surface area contributed by atoms with Crippen LogP contribution in [0.1, 0.15) is 0 Å². The number of hydrogen-bond acceptors (Lipinski definition) is 8. The Balaban J connectivity index is 1.36. The number of methoxy groups -OCH3 is 1. The van der Waals surface area contributed by atoms with E-state index in [1.807, 2.05) is 35.0 Å². The third-order valence-electron chi connectivity index (χ3n) is 6.19. The van der Waals surface area contributed by atoms with E-state index in [9.17, 15) is 9.18 Å². The van der Waals surface area contributed by atoms with E-state index in [0.29, 0.717) is 40.9 Å². The molecule has 0 bridgehead atoms. The summed E-state index contributed by atoms with van der Waals surface area (Å²) < 4.78 is 21.3. The summed E-state index contributed by atoms with van der Waals surface area (Å²) >= 11 is 6.39. The molecule has 12 heteroatoms. The van der Waals surface area contributed by atoms with Crippen LogP contribution in [-0.2, 0) is 4.79 Å². The Labute approximate surface area is 218 Å². The molecule has 1 saturated heterocycles. The minimum atomic E-state index is -0.443. The van der Waals surface area contributed by atoms with Gasteiger partial charge in [0, 0.05) is 51.2 Å². The van der Waals surface area contributed by atoms with E-state index < -0.39 is 5.82 Å². The van der Waals surface area contributed by atoms with Crippen molar-refractivity contribution in [2.45, 2.75) is 0 Å². The first-order valence-corrected chi connectivity index (χ1v) is 12.1. The average Bonchev–Trinajstić information content (AvgIpc) is 3.35. The molecule has 0 spiro atoms. The number of carbonyl (C=O) groups excluding carboxylic acids is 1. The normalized spacial score (nSPS) is 13.6. The number of anilines is 3. The van der Waals surface area contributed by atoms with Gasteiger partial charge >= 0.3 is 0 Å². The van der Waals surface area contributed by atoms with E-state index in [0.717, 1.165) is 18.8 Å². The molecule has 4 heterocycles. The SMILES string of the molecule is COc1cc(N(C)CC(=O)N2CCNCC2)ccc1Nc1ncc(Cl)c(-c2cnc3c(F)cccn23)n1. The van der Waals surface area contributed by atoms with Gasteiger partial charge in [0.1, 0.15) is 11.4 Å². The molecule has 1 fully saturated rings. The maximum absolute atomic E-state index is 14.1. The van der Waals surface area contributed by atoms with E-state index in [1.165, 1.54) is 18.5 Å². The zero-order valence-corrected chi connectivity index (χ0v) is 21.2. The number of pyridine rings is 1. The number of halogens is 2. The van der Waals surface area contributed by atoms with Crippen molar-refractivity contribution in [1.29, 1.82) is 0 Å². The van der Waals surface area contributed by atoms with Crippen LogP contribution in [-0.4, -0.2) is 77.0 Å². The molecule has 10 nitrogen and oxygen atoms in total. The van der Waals surface area contributed by atoms with E-state index in [4.69, 9.17) is 16.3 Å². The molecule has 0 unspecified atom stereocenters. The van der Waals surface area contributed by atoms with Gasteiger partial charge in [-0.3, -0.25) is 9.20 Å². The summed E-state index contributed by atoms with van der Waals surface area (Å²) in [6.07, 6.45) is 4.68. The molecule has 1 aliphatic heterocycles. The van der Waals surface area contributed by atoms with E-state index in [-0.39, 0.29) is 24.0 Å². The van der Waals surface area contributed by atoms with Crippen LogP contribution in [0.4, 0.5) is 21.7 Å². The number of nitrogens with one attached hydrogen (secondary N) is 2. The summed E-state index contributed by atoms with van der Waals surface area (Å²) in [5.41, 5.74) is 2.57. The first-order chi connectivity index (χ1) is 17.9. The van der Waals surface area contributed by atoms with Gasteiger partial charge in [-0.25, -0.2) is 19.3 Å². The lowest BCUT2D eigenvalue weighted by Gasteiger charge is -2.30. The number of benzene rings is 1. The zero-order chi connectivity index (χ0) is 25.9. The second kappa shape index (κ2) is 10.6. The van der Waals surface area contributed by atoms with E-state index >= 15 is 0 Å². The van der Waals surface area contributed by atoms with Crippen molar-refractivity contribution in [2.24, 2.45) is 0 Å². The number of likely N-dealkylation sites (N-methyl/N-ethyl adjacent to an activating group) is 1. The number of nitrogens with zero attached hydrogens (tertiary/aromatic N) is 6. The molecular formula is C25H26ClFN8O2. The Morgan fingerprint density at radius 3 is 2.84 bits per heavy atom. The molecule has 5 rings (SSSR count). The number of amides is 1. The molecule has 1 amide bonds. The largest absolute Gasteiger partial charge is 0.494 e. The minimum absolute atomic E-state index is 0.0829. The molecule has 37 heavy (non-hydrogen) atoms. The van der Waals surface area contributed by atoms with Gasteiger partial charge in [0.25, 0.3) is 0 Å². The molecule has 1 aromatic carbocycles. The highest BCUT2D eigenvalue weighted by molar-refractivity contribution is 6.32. The number of imidazole rings is 1. The number of fused-ring (bicyclic) bond motifs is 1. The van der Waals surface area contributed by atoms with Crippen molar-refractivity contribution in [3.8, 4) is 17.1 Å². The number of rotatable bonds is 7. The van der Waals surface area contributed by atoms with Gasteiger partial charge in [0.15, 0.2) is 11.5 Å².